The summed E-state index contributed by atoms with van der Waals surface area (Å²) in [7, 11) is 0. The Kier molecular flexibility index (Phi) is 3.39. The lowest BCUT2D eigenvalue weighted by Crippen LogP contribution is -1.83. The van der Waals surface area contributed by atoms with Gasteiger partial charge in [0.1, 0.15) is 11.0 Å². The lowest BCUT2D eigenvalue weighted by molar-refractivity contribution is 1.27. The molecule has 0 spiro atoms. The minimum Gasteiger partial charge on any atom is -0.336 e. The third kappa shape index (κ3) is 2.31. The number of halogens is 2. The van der Waals surface area contributed by atoms with Gasteiger partial charge in [-0.1, -0.05) is 41.4 Å². The topological polar surface area (TPSA) is 41.6 Å². The second-order valence-corrected chi connectivity index (χ2v) is 5.53. The number of hydrogen-bond acceptors (Lipinski definition) is 3. The van der Waals surface area contributed by atoms with E-state index in [0.29, 0.717) is 10.7 Å². The van der Waals surface area contributed by atoms with Crippen LogP contribution in [0.15, 0.2) is 35.2 Å². The third-order valence-corrected chi connectivity index (χ3v) is 4.21. The number of pyridine rings is 1. The lowest BCUT2D eigenvalue weighted by atomic mass is 10.2. The van der Waals surface area contributed by atoms with Gasteiger partial charge in [-0.2, -0.15) is 0 Å². The summed E-state index contributed by atoms with van der Waals surface area (Å²) < 4.78 is 0. The molecule has 2 aromatic heterocycles. The monoisotopic (exact) mass is 309 g/mol. The number of aromatic nitrogens is 3. The van der Waals surface area contributed by atoms with Gasteiger partial charge in [-0.25, -0.2) is 9.97 Å². The predicted octanol–water partition coefficient (Wildman–Crippen LogP) is 4.65. The van der Waals surface area contributed by atoms with Gasteiger partial charge in [-0.05, 0) is 18.4 Å². The lowest BCUT2D eigenvalue weighted by Gasteiger charge is -2.02. The number of hydrogen-bond donors (Lipinski definition) is 1. The molecule has 0 unspecified atom stereocenters. The number of H-pyrrole nitrogens is 1. The predicted molar refractivity (Wildman–Crippen MR) is 81.1 cm³/mol. The zero-order chi connectivity index (χ0) is 13.4. The molecule has 0 aliphatic heterocycles. The zero-order valence-corrected chi connectivity index (χ0v) is 12.3. The summed E-state index contributed by atoms with van der Waals surface area (Å²) in [6.07, 6.45) is 2.04. The van der Waals surface area contributed by atoms with E-state index in [4.69, 9.17) is 23.2 Å². The second kappa shape index (κ2) is 5.04. The molecule has 6 heteroatoms. The number of rotatable bonds is 2. The first-order valence-corrected chi connectivity index (χ1v) is 7.52. The highest BCUT2D eigenvalue weighted by molar-refractivity contribution is 7.98. The Bertz CT molecular complexity index is 716. The molecular weight excluding hydrogens is 301 g/mol. The molecule has 0 fully saturated rings. The van der Waals surface area contributed by atoms with Crippen LogP contribution in [0.1, 0.15) is 0 Å². The molecule has 19 heavy (non-hydrogen) atoms. The molecule has 3 aromatic rings. The first-order valence-electron chi connectivity index (χ1n) is 5.54. The van der Waals surface area contributed by atoms with Crippen LogP contribution in [-0.4, -0.2) is 21.2 Å². The van der Waals surface area contributed by atoms with E-state index >= 15 is 0 Å². The Morgan fingerprint density at radius 1 is 1.16 bits per heavy atom. The van der Waals surface area contributed by atoms with Gasteiger partial charge < -0.3 is 4.98 Å². The third-order valence-electron chi connectivity index (χ3n) is 2.75. The molecule has 3 rings (SSSR count). The molecule has 3 nitrogen and oxygen atoms in total. The summed E-state index contributed by atoms with van der Waals surface area (Å²) in [5.74, 6) is 0.769. The highest BCUT2D eigenvalue weighted by Crippen LogP contribution is 2.30. The summed E-state index contributed by atoms with van der Waals surface area (Å²) in [5, 5.41) is 0.688. The largest absolute Gasteiger partial charge is 0.336 e. The minimum absolute atomic E-state index is 0.269. The van der Waals surface area contributed by atoms with Gasteiger partial charge in [0.25, 0.3) is 0 Å². The maximum atomic E-state index is 5.96. The van der Waals surface area contributed by atoms with Crippen LogP contribution in [-0.2, 0) is 0 Å². The standard InChI is InChI=1S/C13H9Cl2N3S/c1-19-10-5-3-2-4-7(10)12-16-9-6-8(14)11(15)17-13(9)18-12/h2-6H,1H3,(H,16,17,18). The van der Waals surface area contributed by atoms with Gasteiger partial charge in [0, 0.05) is 10.5 Å². The van der Waals surface area contributed by atoms with Crippen LogP contribution in [0.2, 0.25) is 10.2 Å². The number of aromatic amines is 1. The molecule has 1 N–H and O–H groups in total. The number of benzene rings is 1. The van der Waals surface area contributed by atoms with Crippen molar-refractivity contribution in [3.05, 3.63) is 40.5 Å². The SMILES string of the molecule is CSc1ccccc1-c1nc2nc(Cl)c(Cl)cc2[nH]1. The van der Waals surface area contributed by atoms with E-state index in [1.165, 1.54) is 0 Å². The van der Waals surface area contributed by atoms with E-state index in [9.17, 15) is 0 Å². The average Bonchev–Trinajstić information content (AvgIpc) is 2.82. The number of nitrogens with zero attached hydrogens (tertiary/aromatic N) is 2. The summed E-state index contributed by atoms with van der Waals surface area (Å²) in [6.45, 7) is 0. The summed E-state index contributed by atoms with van der Waals surface area (Å²) in [5.41, 5.74) is 2.39. The van der Waals surface area contributed by atoms with E-state index in [1.807, 2.05) is 24.5 Å². The molecule has 0 aliphatic rings. The molecule has 96 valence electrons. The van der Waals surface area contributed by atoms with Gasteiger partial charge in [0.05, 0.1) is 10.5 Å². The normalized spacial score (nSPS) is 11.1. The Labute approximate surface area is 124 Å². The number of fused-ring (bicyclic) bond motifs is 1. The Balaban J connectivity index is 2.20. The summed E-state index contributed by atoms with van der Waals surface area (Å²) >= 11 is 13.5. The van der Waals surface area contributed by atoms with Crippen molar-refractivity contribution in [2.24, 2.45) is 0 Å². The van der Waals surface area contributed by atoms with Crippen LogP contribution in [0, 0.1) is 0 Å². The summed E-state index contributed by atoms with van der Waals surface area (Å²) in [6, 6.07) is 9.80. The smallest absolute Gasteiger partial charge is 0.179 e. The maximum Gasteiger partial charge on any atom is 0.179 e. The first kappa shape index (κ1) is 12.8. The Hall–Kier alpha value is -1.23. The Morgan fingerprint density at radius 3 is 2.74 bits per heavy atom. The van der Waals surface area contributed by atoms with Crippen LogP contribution in [0.3, 0.4) is 0 Å². The fourth-order valence-electron chi connectivity index (χ4n) is 1.86. The zero-order valence-electron chi connectivity index (χ0n) is 9.95. The van der Waals surface area contributed by atoms with E-state index in [0.717, 1.165) is 21.8 Å². The van der Waals surface area contributed by atoms with Crippen LogP contribution in [0.25, 0.3) is 22.6 Å². The fourth-order valence-corrected chi connectivity index (χ4v) is 2.75. The van der Waals surface area contributed by atoms with Crippen molar-refractivity contribution in [3.8, 4) is 11.4 Å². The molecular formula is C13H9Cl2N3S. The molecule has 0 aliphatic carbocycles. The number of thioether (sulfide) groups is 1. The quantitative estimate of drug-likeness (QED) is 0.553. The van der Waals surface area contributed by atoms with E-state index in [1.54, 1.807) is 17.8 Å². The molecule has 1 aromatic carbocycles. The first-order chi connectivity index (χ1) is 9.19. The highest BCUT2D eigenvalue weighted by atomic mass is 35.5. The van der Waals surface area contributed by atoms with Crippen molar-refractivity contribution in [2.45, 2.75) is 4.90 Å². The highest BCUT2D eigenvalue weighted by Gasteiger charge is 2.11. The van der Waals surface area contributed by atoms with E-state index < -0.39 is 0 Å². The average molecular weight is 310 g/mol. The van der Waals surface area contributed by atoms with E-state index in [2.05, 4.69) is 21.0 Å². The molecule has 0 saturated carbocycles. The number of imidazole rings is 1. The van der Waals surface area contributed by atoms with Crippen molar-refractivity contribution < 1.29 is 0 Å². The molecule has 0 bridgehead atoms. The number of nitrogens with one attached hydrogen (secondary N) is 1. The molecule has 0 atom stereocenters. The van der Waals surface area contributed by atoms with Gasteiger partial charge in [-0.15, -0.1) is 11.8 Å². The fraction of sp³-hybridized carbons (Fsp3) is 0.0769. The molecule has 0 amide bonds. The van der Waals surface area contributed by atoms with E-state index in [-0.39, 0.29) is 5.15 Å². The van der Waals surface area contributed by atoms with Crippen LogP contribution < -0.4 is 0 Å². The van der Waals surface area contributed by atoms with Crippen LogP contribution in [0.5, 0.6) is 0 Å². The second-order valence-electron chi connectivity index (χ2n) is 3.92. The molecule has 2 heterocycles. The van der Waals surface area contributed by atoms with Crippen LogP contribution >= 0.6 is 35.0 Å². The molecule has 0 saturated heterocycles. The summed E-state index contributed by atoms with van der Waals surface area (Å²) in [4.78, 5) is 13.0. The van der Waals surface area contributed by atoms with Crippen molar-refractivity contribution >= 4 is 46.1 Å². The van der Waals surface area contributed by atoms with Gasteiger partial charge in [0.2, 0.25) is 0 Å². The minimum atomic E-state index is 0.269. The Morgan fingerprint density at radius 2 is 1.95 bits per heavy atom. The van der Waals surface area contributed by atoms with Gasteiger partial charge in [0.15, 0.2) is 5.65 Å². The van der Waals surface area contributed by atoms with Gasteiger partial charge >= 0.3 is 0 Å². The maximum absolute atomic E-state index is 5.96. The van der Waals surface area contributed by atoms with Gasteiger partial charge in [-0.3, -0.25) is 0 Å². The molecule has 0 radical (unpaired) electrons. The van der Waals surface area contributed by atoms with Crippen molar-refractivity contribution in [1.29, 1.82) is 0 Å². The van der Waals surface area contributed by atoms with Crippen molar-refractivity contribution in [3.63, 3.8) is 0 Å². The van der Waals surface area contributed by atoms with Crippen molar-refractivity contribution in [2.75, 3.05) is 6.26 Å². The van der Waals surface area contributed by atoms with Crippen molar-refractivity contribution in [1.82, 2.24) is 15.0 Å². The van der Waals surface area contributed by atoms with Crippen LogP contribution in [0.4, 0.5) is 0 Å².